The van der Waals surface area contributed by atoms with Crippen molar-refractivity contribution in [3.05, 3.63) is 65.6 Å². The molecular weight excluding hydrogens is 367 g/mol. The minimum absolute atomic E-state index is 0.180. The summed E-state index contributed by atoms with van der Waals surface area (Å²) in [5, 5.41) is 11.6. The van der Waals surface area contributed by atoms with E-state index in [1.807, 2.05) is 12.1 Å². The summed E-state index contributed by atoms with van der Waals surface area (Å²) in [6.07, 6.45) is 2.61. The van der Waals surface area contributed by atoms with E-state index in [9.17, 15) is 4.39 Å². The zero-order valence-electron chi connectivity index (χ0n) is 16.8. The number of rotatable bonds is 5. The van der Waals surface area contributed by atoms with Gasteiger partial charge in [0.15, 0.2) is 5.82 Å². The van der Waals surface area contributed by atoms with E-state index in [0.717, 1.165) is 49.7 Å². The Kier molecular flexibility index (Phi) is 5.55. The first-order valence-corrected chi connectivity index (χ1v) is 9.95. The highest BCUT2D eigenvalue weighted by Crippen LogP contribution is 2.25. The molecule has 150 valence electrons. The molecule has 0 aliphatic carbocycles. The Hall–Kier alpha value is -3.22. The Morgan fingerprint density at radius 3 is 2.52 bits per heavy atom. The molecule has 0 spiro atoms. The van der Waals surface area contributed by atoms with E-state index < -0.39 is 0 Å². The fourth-order valence-electron chi connectivity index (χ4n) is 3.70. The molecule has 0 atom stereocenters. The molecule has 1 aromatic heterocycles. The van der Waals surface area contributed by atoms with Gasteiger partial charge in [-0.3, -0.25) is 0 Å². The third kappa shape index (κ3) is 4.13. The van der Waals surface area contributed by atoms with Crippen molar-refractivity contribution in [2.75, 3.05) is 41.3 Å². The average Bonchev–Trinajstić information content (AvgIpc) is 2.76. The fraction of sp³-hybridized carbons (Fsp3) is 0.318. The van der Waals surface area contributed by atoms with Gasteiger partial charge in [-0.15, -0.1) is 5.10 Å². The van der Waals surface area contributed by atoms with Gasteiger partial charge in [0.1, 0.15) is 5.82 Å². The summed E-state index contributed by atoms with van der Waals surface area (Å²) in [7, 11) is 0. The van der Waals surface area contributed by atoms with Crippen molar-refractivity contribution >= 4 is 23.1 Å². The molecule has 1 fully saturated rings. The fourth-order valence-corrected chi connectivity index (χ4v) is 3.70. The number of aromatic nitrogens is 3. The number of hydrogen-bond acceptors (Lipinski definition) is 6. The van der Waals surface area contributed by atoms with Crippen molar-refractivity contribution < 1.29 is 4.39 Å². The van der Waals surface area contributed by atoms with Gasteiger partial charge in [0.25, 0.3) is 0 Å². The SMILES string of the molecule is CCc1cccc(C)c1Nc1nncc(N2CCN(c3ccccc3F)CC2)n1. The second kappa shape index (κ2) is 8.43. The van der Waals surface area contributed by atoms with E-state index in [-0.39, 0.29) is 5.82 Å². The van der Waals surface area contributed by atoms with Crippen LogP contribution in [0.2, 0.25) is 0 Å². The lowest BCUT2D eigenvalue weighted by molar-refractivity contribution is 0.595. The lowest BCUT2D eigenvalue weighted by Gasteiger charge is -2.36. The molecule has 0 unspecified atom stereocenters. The highest BCUT2D eigenvalue weighted by molar-refractivity contribution is 5.63. The number of nitrogens with one attached hydrogen (secondary N) is 1. The molecule has 2 aromatic carbocycles. The molecule has 0 bridgehead atoms. The van der Waals surface area contributed by atoms with Gasteiger partial charge in [0.05, 0.1) is 11.9 Å². The number of hydrogen-bond donors (Lipinski definition) is 1. The largest absolute Gasteiger partial charge is 0.366 e. The highest BCUT2D eigenvalue weighted by Gasteiger charge is 2.21. The van der Waals surface area contributed by atoms with Gasteiger partial charge in [0, 0.05) is 31.9 Å². The van der Waals surface area contributed by atoms with Gasteiger partial charge >= 0.3 is 0 Å². The number of benzene rings is 2. The van der Waals surface area contributed by atoms with E-state index in [1.54, 1.807) is 12.3 Å². The maximum Gasteiger partial charge on any atom is 0.249 e. The van der Waals surface area contributed by atoms with Crippen LogP contribution in [0, 0.1) is 12.7 Å². The summed E-state index contributed by atoms with van der Waals surface area (Å²) in [5.41, 5.74) is 4.06. The molecule has 0 radical (unpaired) electrons. The van der Waals surface area contributed by atoms with Gasteiger partial charge in [-0.25, -0.2) is 4.39 Å². The lowest BCUT2D eigenvalue weighted by Crippen LogP contribution is -2.47. The zero-order valence-corrected chi connectivity index (χ0v) is 16.8. The summed E-state index contributed by atoms with van der Waals surface area (Å²) >= 11 is 0. The molecule has 3 aromatic rings. The topological polar surface area (TPSA) is 57.2 Å². The smallest absolute Gasteiger partial charge is 0.249 e. The van der Waals surface area contributed by atoms with Crippen molar-refractivity contribution in [1.82, 2.24) is 15.2 Å². The molecule has 29 heavy (non-hydrogen) atoms. The monoisotopic (exact) mass is 392 g/mol. The summed E-state index contributed by atoms with van der Waals surface area (Å²) in [5.74, 6) is 1.09. The van der Waals surface area contributed by atoms with Crippen LogP contribution in [0.3, 0.4) is 0 Å². The maximum absolute atomic E-state index is 14.1. The summed E-state index contributed by atoms with van der Waals surface area (Å²) in [6, 6.07) is 13.2. The van der Waals surface area contributed by atoms with Gasteiger partial charge < -0.3 is 15.1 Å². The summed E-state index contributed by atoms with van der Waals surface area (Å²) in [4.78, 5) is 8.90. The zero-order chi connectivity index (χ0) is 20.2. The first kappa shape index (κ1) is 19.1. The Labute approximate surface area is 170 Å². The van der Waals surface area contributed by atoms with Crippen molar-refractivity contribution in [2.45, 2.75) is 20.3 Å². The van der Waals surface area contributed by atoms with E-state index in [1.165, 1.54) is 11.6 Å². The van der Waals surface area contributed by atoms with Crippen LogP contribution in [0.25, 0.3) is 0 Å². The third-order valence-corrected chi connectivity index (χ3v) is 5.32. The predicted molar refractivity (Wildman–Crippen MR) is 114 cm³/mol. The minimum Gasteiger partial charge on any atom is -0.366 e. The quantitative estimate of drug-likeness (QED) is 0.710. The molecule has 0 saturated carbocycles. The number of piperazine rings is 1. The molecule has 7 heteroatoms. The molecule has 2 heterocycles. The second-order valence-electron chi connectivity index (χ2n) is 7.15. The first-order valence-electron chi connectivity index (χ1n) is 9.95. The van der Waals surface area contributed by atoms with Crippen LogP contribution < -0.4 is 15.1 Å². The van der Waals surface area contributed by atoms with Gasteiger partial charge in [-0.2, -0.15) is 10.1 Å². The maximum atomic E-state index is 14.1. The number of anilines is 4. The van der Waals surface area contributed by atoms with E-state index in [4.69, 9.17) is 0 Å². The minimum atomic E-state index is -0.180. The van der Waals surface area contributed by atoms with E-state index >= 15 is 0 Å². The summed E-state index contributed by atoms with van der Waals surface area (Å²) < 4.78 is 14.1. The van der Waals surface area contributed by atoms with Gasteiger partial charge in [-0.1, -0.05) is 37.3 Å². The van der Waals surface area contributed by atoms with E-state index in [0.29, 0.717) is 11.6 Å². The molecule has 1 N–H and O–H groups in total. The van der Waals surface area contributed by atoms with Crippen LogP contribution in [-0.4, -0.2) is 41.4 Å². The number of halogens is 1. The molecule has 4 rings (SSSR count). The highest BCUT2D eigenvalue weighted by atomic mass is 19.1. The van der Waals surface area contributed by atoms with Crippen LogP contribution in [0.15, 0.2) is 48.7 Å². The molecular formula is C22H25FN6. The van der Waals surface area contributed by atoms with Crippen molar-refractivity contribution in [3.63, 3.8) is 0 Å². The van der Waals surface area contributed by atoms with Crippen LogP contribution in [0.4, 0.5) is 27.5 Å². The summed E-state index contributed by atoms with van der Waals surface area (Å²) in [6.45, 7) is 7.15. The molecule has 6 nitrogen and oxygen atoms in total. The Bertz CT molecular complexity index is 985. The molecule has 1 aliphatic heterocycles. The molecule has 0 amide bonds. The number of para-hydroxylation sites is 2. The Morgan fingerprint density at radius 1 is 1.00 bits per heavy atom. The first-order chi connectivity index (χ1) is 14.2. The van der Waals surface area contributed by atoms with Crippen LogP contribution in [0.1, 0.15) is 18.1 Å². The van der Waals surface area contributed by atoms with Gasteiger partial charge in [-0.05, 0) is 36.6 Å². The number of nitrogens with zero attached hydrogens (tertiary/aromatic N) is 5. The van der Waals surface area contributed by atoms with E-state index in [2.05, 4.69) is 62.3 Å². The van der Waals surface area contributed by atoms with Crippen molar-refractivity contribution in [1.29, 1.82) is 0 Å². The Morgan fingerprint density at radius 2 is 1.76 bits per heavy atom. The number of aryl methyl sites for hydroxylation is 2. The average molecular weight is 392 g/mol. The van der Waals surface area contributed by atoms with Gasteiger partial charge in [0.2, 0.25) is 5.95 Å². The molecule has 1 aliphatic rings. The standard InChI is InChI=1S/C22H25FN6/c1-3-17-8-6-7-16(2)21(17)26-22-25-20(15-24-27-22)29-13-11-28(12-14-29)19-10-5-4-9-18(19)23/h4-10,15H,3,11-14H2,1-2H3,(H,25,26,27). The predicted octanol–water partition coefficient (Wildman–Crippen LogP) is 3.95. The van der Waals surface area contributed by atoms with Crippen LogP contribution in [0.5, 0.6) is 0 Å². The van der Waals surface area contributed by atoms with Crippen LogP contribution >= 0.6 is 0 Å². The van der Waals surface area contributed by atoms with Crippen molar-refractivity contribution in [2.24, 2.45) is 0 Å². The van der Waals surface area contributed by atoms with Crippen LogP contribution in [-0.2, 0) is 6.42 Å². The molecule has 1 saturated heterocycles. The third-order valence-electron chi connectivity index (χ3n) is 5.32. The lowest BCUT2D eigenvalue weighted by atomic mass is 10.1. The Balaban J connectivity index is 1.47. The normalized spacial score (nSPS) is 14.2. The van der Waals surface area contributed by atoms with Crippen molar-refractivity contribution in [3.8, 4) is 0 Å². The second-order valence-corrected chi connectivity index (χ2v) is 7.15.